The van der Waals surface area contributed by atoms with E-state index in [0.29, 0.717) is 10.8 Å². The van der Waals surface area contributed by atoms with Crippen molar-refractivity contribution in [2.45, 2.75) is 37.5 Å². The van der Waals surface area contributed by atoms with Crippen LogP contribution in [0.4, 0.5) is 0 Å². The molecule has 2 fully saturated rings. The van der Waals surface area contributed by atoms with E-state index in [2.05, 4.69) is 35.4 Å². The highest BCUT2D eigenvalue weighted by molar-refractivity contribution is 8.00. The van der Waals surface area contributed by atoms with Crippen molar-refractivity contribution in [3.8, 4) is 0 Å². The summed E-state index contributed by atoms with van der Waals surface area (Å²) in [6, 6.07) is 0.455. The Hall–Kier alpha value is 0.230. The second-order valence-corrected chi connectivity index (χ2v) is 7.87. The molecule has 0 bridgehead atoms. The van der Waals surface area contributed by atoms with Gasteiger partial charge < -0.3 is 10.6 Å². The summed E-state index contributed by atoms with van der Waals surface area (Å²) in [7, 11) is 0. The highest BCUT2D eigenvalue weighted by Gasteiger charge is 2.27. The Bertz CT molecular complexity index is 237. The van der Waals surface area contributed by atoms with E-state index in [-0.39, 0.29) is 0 Å². The van der Waals surface area contributed by atoms with Gasteiger partial charge in [0.2, 0.25) is 0 Å². The Balaban J connectivity index is 1.68. The van der Waals surface area contributed by atoms with Crippen molar-refractivity contribution in [3.63, 3.8) is 0 Å². The summed E-state index contributed by atoms with van der Waals surface area (Å²) >= 11 is 2.11. The zero-order valence-corrected chi connectivity index (χ0v) is 12.1. The first-order valence-corrected chi connectivity index (χ1v) is 7.88. The molecule has 0 unspecified atom stereocenters. The Kier molecular flexibility index (Phi) is 4.75. The van der Waals surface area contributed by atoms with E-state index < -0.39 is 0 Å². The lowest BCUT2D eigenvalue weighted by Crippen LogP contribution is -2.47. The molecule has 2 saturated heterocycles. The maximum atomic E-state index is 5.93. The Morgan fingerprint density at radius 1 is 1.12 bits per heavy atom. The summed E-state index contributed by atoms with van der Waals surface area (Å²) < 4.78 is 0.447. The van der Waals surface area contributed by atoms with Crippen LogP contribution in [0.1, 0.15) is 26.7 Å². The molecule has 3 nitrogen and oxygen atoms in total. The molecule has 2 aliphatic rings. The topological polar surface area (TPSA) is 32.5 Å². The maximum Gasteiger partial charge on any atom is 0.0231 e. The SMILES string of the molecule is CC1(C)CN(CCN2CCC(N)CC2)CCS1. The van der Waals surface area contributed by atoms with E-state index >= 15 is 0 Å². The summed E-state index contributed by atoms with van der Waals surface area (Å²) in [4.78, 5) is 5.21. The molecule has 0 spiro atoms. The molecular formula is C13H27N3S. The fraction of sp³-hybridized carbons (Fsp3) is 1.00. The molecule has 0 aromatic carbocycles. The summed E-state index contributed by atoms with van der Waals surface area (Å²) in [6.45, 7) is 12.1. The van der Waals surface area contributed by atoms with Crippen molar-refractivity contribution in [2.24, 2.45) is 5.73 Å². The van der Waals surface area contributed by atoms with Gasteiger partial charge in [0.25, 0.3) is 0 Å². The summed E-state index contributed by atoms with van der Waals surface area (Å²) in [6.07, 6.45) is 2.36. The molecule has 0 aromatic rings. The van der Waals surface area contributed by atoms with E-state index in [1.807, 2.05) is 0 Å². The predicted octanol–water partition coefficient (Wildman–Crippen LogP) is 1.24. The number of hydrogen-bond acceptors (Lipinski definition) is 4. The number of likely N-dealkylation sites (tertiary alicyclic amines) is 1. The van der Waals surface area contributed by atoms with Gasteiger partial charge in [-0.2, -0.15) is 11.8 Å². The molecule has 0 radical (unpaired) electrons. The van der Waals surface area contributed by atoms with Gasteiger partial charge in [0.05, 0.1) is 0 Å². The highest BCUT2D eigenvalue weighted by atomic mass is 32.2. The molecule has 0 amide bonds. The van der Waals surface area contributed by atoms with Crippen molar-refractivity contribution < 1.29 is 0 Å². The molecule has 0 atom stereocenters. The van der Waals surface area contributed by atoms with Crippen molar-refractivity contribution in [2.75, 3.05) is 45.0 Å². The minimum atomic E-state index is 0.447. The van der Waals surface area contributed by atoms with Crippen LogP contribution in [0.3, 0.4) is 0 Å². The Morgan fingerprint density at radius 2 is 1.76 bits per heavy atom. The smallest absolute Gasteiger partial charge is 0.0231 e. The minimum absolute atomic E-state index is 0.447. The first-order valence-electron chi connectivity index (χ1n) is 6.89. The number of rotatable bonds is 3. The zero-order chi connectivity index (χ0) is 12.3. The van der Waals surface area contributed by atoms with Crippen molar-refractivity contribution >= 4 is 11.8 Å². The fourth-order valence-corrected chi connectivity index (χ4v) is 3.94. The Labute approximate surface area is 110 Å². The van der Waals surface area contributed by atoms with E-state index in [0.717, 1.165) is 0 Å². The van der Waals surface area contributed by atoms with Gasteiger partial charge in [0, 0.05) is 42.7 Å². The van der Waals surface area contributed by atoms with Crippen molar-refractivity contribution in [3.05, 3.63) is 0 Å². The van der Waals surface area contributed by atoms with Crippen LogP contribution in [-0.4, -0.2) is 65.6 Å². The third-order valence-corrected chi connectivity index (χ3v) is 5.17. The van der Waals surface area contributed by atoms with Gasteiger partial charge in [-0.25, -0.2) is 0 Å². The molecular weight excluding hydrogens is 230 g/mol. The minimum Gasteiger partial charge on any atom is -0.328 e. The molecule has 17 heavy (non-hydrogen) atoms. The van der Waals surface area contributed by atoms with Gasteiger partial charge in [-0.3, -0.25) is 4.90 Å². The van der Waals surface area contributed by atoms with E-state index in [9.17, 15) is 0 Å². The lowest BCUT2D eigenvalue weighted by atomic mass is 10.1. The first-order chi connectivity index (χ1) is 8.05. The molecule has 0 aromatic heterocycles. The fourth-order valence-electron chi connectivity index (χ4n) is 2.76. The second-order valence-electron chi connectivity index (χ2n) is 6.06. The quantitative estimate of drug-likeness (QED) is 0.824. The molecule has 2 heterocycles. The van der Waals surface area contributed by atoms with Crippen LogP contribution in [0.25, 0.3) is 0 Å². The van der Waals surface area contributed by atoms with Crippen molar-refractivity contribution in [1.82, 2.24) is 9.80 Å². The first kappa shape index (κ1) is 13.7. The molecule has 100 valence electrons. The summed E-state index contributed by atoms with van der Waals surface area (Å²) in [5.41, 5.74) is 5.93. The van der Waals surface area contributed by atoms with E-state index in [1.165, 1.54) is 57.9 Å². The van der Waals surface area contributed by atoms with Crippen LogP contribution in [-0.2, 0) is 0 Å². The van der Waals surface area contributed by atoms with Crippen LogP contribution < -0.4 is 5.73 Å². The molecule has 0 saturated carbocycles. The zero-order valence-electron chi connectivity index (χ0n) is 11.3. The number of thioether (sulfide) groups is 1. The van der Waals surface area contributed by atoms with Gasteiger partial charge in [0.1, 0.15) is 0 Å². The lowest BCUT2D eigenvalue weighted by molar-refractivity contribution is 0.170. The molecule has 2 N–H and O–H groups in total. The highest BCUT2D eigenvalue weighted by Crippen LogP contribution is 2.29. The van der Waals surface area contributed by atoms with E-state index in [4.69, 9.17) is 5.73 Å². The van der Waals surface area contributed by atoms with Gasteiger partial charge in [-0.05, 0) is 39.8 Å². The van der Waals surface area contributed by atoms with Crippen molar-refractivity contribution in [1.29, 1.82) is 0 Å². The number of piperidine rings is 1. The standard InChI is InChI=1S/C13H27N3S/c1-13(2)11-16(9-10-17-13)8-7-15-5-3-12(14)4-6-15/h12H,3-11,14H2,1-2H3. The molecule has 4 heteroatoms. The number of nitrogens with two attached hydrogens (primary N) is 1. The monoisotopic (exact) mass is 257 g/mol. The van der Waals surface area contributed by atoms with Gasteiger partial charge >= 0.3 is 0 Å². The molecule has 2 rings (SSSR count). The Morgan fingerprint density at radius 3 is 2.41 bits per heavy atom. The van der Waals surface area contributed by atoms with Crippen LogP contribution in [0, 0.1) is 0 Å². The number of nitrogens with zero attached hydrogens (tertiary/aromatic N) is 2. The van der Waals surface area contributed by atoms with Crippen LogP contribution in [0.2, 0.25) is 0 Å². The van der Waals surface area contributed by atoms with E-state index in [1.54, 1.807) is 0 Å². The summed E-state index contributed by atoms with van der Waals surface area (Å²) in [5, 5.41) is 0. The number of hydrogen-bond donors (Lipinski definition) is 1. The molecule has 2 aliphatic heterocycles. The predicted molar refractivity (Wildman–Crippen MR) is 76.6 cm³/mol. The maximum absolute atomic E-state index is 5.93. The van der Waals surface area contributed by atoms with Gasteiger partial charge in [0.15, 0.2) is 0 Å². The average molecular weight is 257 g/mol. The lowest BCUT2D eigenvalue weighted by Gasteiger charge is -2.39. The molecule has 0 aliphatic carbocycles. The van der Waals surface area contributed by atoms with Crippen LogP contribution >= 0.6 is 11.8 Å². The van der Waals surface area contributed by atoms with Gasteiger partial charge in [-0.1, -0.05) is 0 Å². The third kappa shape index (κ3) is 4.43. The normalized spacial score (nSPS) is 28.4. The largest absolute Gasteiger partial charge is 0.328 e. The van der Waals surface area contributed by atoms with Gasteiger partial charge in [-0.15, -0.1) is 0 Å². The average Bonchev–Trinajstić information content (AvgIpc) is 2.27. The van der Waals surface area contributed by atoms with Crippen LogP contribution in [0.15, 0.2) is 0 Å². The summed E-state index contributed by atoms with van der Waals surface area (Å²) in [5.74, 6) is 1.29. The third-order valence-electron chi connectivity index (χ3n) is 3.87. The van der Waals surface area contributed by atoms with Crippen LogP contribution in [0.5, 0.6) is 0 Å². The second kappa shape index (κ2) is 5.91.